The number of halogens is 6. The Kier molecular flexibility index (Phi) is 7.47. The van der Waals surface area contributed by atoms with E-state index in [1.165, 1.54) is 17.8 Å². The lowest BCUT2D eigenvalue weighted by molar-refractivity contribution is -0.143. The van der Waals surface area contributed by atoms with Crippen molar-refractivity contribution in [2.24, 2.45) is 5.73 Å². The quantitative estimate of drug-likeness (QED) is 0.386. The molecule has 1 fully saturated rings. The third-order valence-corrected chi connectivity index (χ3v) is 7.20. The molecule has 0 spiro atoms. The topological polar surface area (TPSA) is 98.0 Å². The minimum atomic E-state index is -4.96. The second-order valence-electron chi connectivity index (χ2n) is 9.55. The van der Waals surface area contributed by atoms with E-state index in [9.17, 15) is 31.1 Å². The summed E-state index contributed by atoms with van der Waals surface area (Å²) in [6.07, 6.45) is -8.78. The van der Waals surface area contributed by atoms with Crippen LogP contribution in [0.15, 0.2) is 59.7 Å². The summed E-state index contributed by atoms with van der Waals surface area (Å²) in [5.41, 5.74) is 1.81. The number of nitrogens with zero attached hydrogens (tertiary/aromatic N) is 2. The Bertz CT molecular complexity index is 1260. The molecule has 3 atom stereocenters. The van der Waals surface area contributed by atoms with Crippen LogP contribution in [0.5, 0.6) is 0 Å². The third kappa shape index (κ3) is 5.49. The van der Waals surface area contributed by atoms with Crippen molar-refractivity contribution in [1.82, 2.24) is 20.1 Å². The van der Waals surface area contributed by atoms with E-state index in [4.69, 9.17) is 10.5 Å². The maximum Gasteiger partial charge on any atom is 0.416 e. The van der Waals surface area contributed by atoms with Gasteiger partial charge in [-0.1, -0.05) is 30.3 Å². The molecule has 1 aliphatic rings. The van der Waals surface area contributed by atoms with Crippen LogP contribution in [0.25, 0.3) is 0 Å². The number of rotatable bonds is 7. The highest BCUT2D eigenvalue weighted by atomic mass is 19.4. The number of piperidine rings is 1. The molecule has 0 aliphatic carbocycles. The van der Waals surface area contributed by atoms with Crippen LogP contribution < -0.4 is 16.7 Å². The highest BCUT2D eigenvalue weighted by Gasteiger charge is 2.45. The lowest BCUT2D eigenvalue weighted by atomic mass is 9.76. The Hall–Kier alpha value is -3.16. The lowest BCUT2D eigenvalue weighted by Gasteiger charge is -2.47. The van der Waals surface area contributed by atoms with E-state index in [0.717, 1.165) is 5.56 Å². The Morgan fingerprint density at radius 1 is 1.05 bits per heavy atom. The molecular formula is C25H27F6N5O2. The summed E-state index contributed by atoms with van der Waals surface area (Å²) >= 11 is 0. The Morgan fingerprint density at radius 3 is 2.16 bits per heavy atom. The number of benzene rings is 2. The summed E-state index contributed by atoms with van der Waals surface area (Å²) in [7, 11) is 0. The Labute approximate surface area is 214 Å². The molecule has 0 bridgehead atoms. The largest absolute Gasteiger partial charge is 0.416 e. The molecule has 2 aromatic carbocycles. The second-order valence-corrected chi connectivity index (χ2v) is 9.55. The van der Waals surface area contributed by atoms with Crippen molar-refractivity contribution in [2.75, 3.05) is 19.7 Å². The van der Waals surface area contributed by atoms with Crippen LogP contribution in [0.1, 0.15) is 48.1 Å². The van der Waals surface area contributed by atoms with E-state index in [-0.39, 0.29) is 31.3 Å². The van der Waals surface area contributed by atoms with Gasteiger partial charge in [-0.3, -0.25) is 4.57 Å². The van der Waals surface area contributed by atoms with Crippen LogP contribution >= 0.6 is 0 Å². The standard InChI is InChI=1S/C25H27F6N5O2/c1-16(17-9-19(24(26,27)28)11-20(10-17)25(29,30)31)38-14-23(18-5-3-2-4-6-18)8-7-22(12-32,13-33-23)36-15-34-35-21(36)37/h2-6,9-11,15-16,33H,7-8,12-14,32H2,1H3,(H,35,37)/t16-,22+,23-/m1/s1. The van der Waals surface area contributed by atoms with Gasteiger partial charge in [-0.15, -0.1) is 0 Å². The summed E-state index contributed by atoms with van der Waals surface area (Å²) in [4.78, 5) is 12.3. The summed E-state index contributed by atoms with van der Waals surface area (Å²) < 4.78 is 87.5. The van der Waals surface area contributed by atoms with E-state index in [0.29, 0.717) is 25.0 Å². The molecule has 38 heavy (non-hydrogen) atoms. The number of nitrogens with two attached hydrogens (primary N) is 1. The van der Waals surface area contributed by atoms with Gasteiger partial charge < -0.3 is 15.8 Å². The highest BCUT2D eigenvalue weighted by Crippen LogP contribution is 2.40. The molecule has 206 valence electrons. The van der Waals surface area contributed by atoms with Crippen LogP contribution in [-0.4, -0.2) is 34.5 Å². The predicted molar refractivity (Wildman–Crippen MR) is 126 cm³/mol. The fraction of sp³-hybridized carbons (Fsp3) is 0.440. The molecule has 7 nitrogen and oxygen atoms in total. The zero-order valence-corrected chi connectivity index (χ0v) is 20.4. The summed E-state index contributed by atoms with van der Waals surface area (Å²) in [5, 5.41) is 9.56. The van der Waals surface area contributed by atoms with Gasteiger partial charge in [0.2, 0.25) is 0 Å². The van der Waals surface area contributed by atoms with Crippen molar-refractivity contribution in [3.05, 3.63) is 87.6 Å². The number of hydrogen-bond acceptors (Lipinski definition) is 5. The summed E-state index contributed by atoms with van der Waals surface area (Å²) in [5.74, 6) is 0. The molecule has 0 amide bonds. The molecule has 0 radical (unpaired) electrons. The van der Waals surface area contributed by atoms with E-state index >= 15 is 0 Å². The summed E-state index contributed by atoms with van der Waals surface area (Å²) in [6, 6.07) is 10.6. The number of H-pyrrole nitrogens is 1. The number of ether oxygens (including phenoxy) is 1. The van der Waals surface area contributed by atoms with E-state index in [1.807, 2.05) is 30.3 Å². The minimum Gasteiger partial charge on any atom is -0.372 e. The van der Waals surface area contributed by atoms with Crippen LogP contribution in [0.4, 0.5) is 26.3 Å². The van der Waals surface area contributed by atoms with Gasteiger partial charge in [0.15, 0.2) is 0 Å². The normalized spacial score (nSPS) is 23.4. The Balaban J connectivity index is 1.62. The second kappa shape index (κ2) is 10.2. The predicted octanol–water partition coefficient (Wildman–Crippen LogP) is 4.32. The lowest BCUT2D eigenvalue weighted by Crippen LogP contribution is -2.62. The molecule has 1 aliphatic heterocycles. The van der Waals surface area contributed by atoms with Crippen molar-refractivity contribution in [3.8, 4) is 0 Å². The van der Waals surface area contributed by atoms with Crippen molar-refractivity contribution >= 4 is 0 Å². The third-order valence-electron chi connectivity index (χ3n) is 7.20. The van der Waals surface area contributed by atoms with E-state index in [1.54, 1.807) is 0 Å². The number of nitrogens with one attached hydrogen (secondary N) is 2. The molecule has 4 N–H and O–H groups in total. The Morgan fingerprint density at radius 2 is 1.68 bits per heavy atom. The monoisotopic (exact) mass is 543 g/mol. The first kappa shape index (κ1) is 27.9. The van der Waals surface area contributed by atoms with Crippen molar-refractivity contribution < 1.29 is 31.1 Å². The molecular weight excluding hydrogens is 516 g/mol. The number of hydrogen-bond donors (Lipinski definition) is 3. The zero-order valence-electron chi connectivity index (χ0n) is 20.4. The van der Waals surface area contributed by atoms with Gasteiger partial charge >= 0.3 is 18.0 Å². The van der Waals surface area contributed by atoms with E-state index in [2.05, 4.69) is 15.5 Å². The smallest absolute Gasteiger partial charge is 0.372 e. The van der Waals surface area contributed by atoms with Gasteiger partial charge in [-0.05, 0) is 49.1 Å². The molecule has 1 aromatic heterocycles. The average Bonchev–Trinajstić information content (AvgIpc) is 3.33. The maximum absolute atomic E-state index is 13.4. The maximum atomic E-state index is 13.4. The highest BCUT2D eigenvalue weighted by molar-refractivity contribution is 5.35. The first-order valence-electron chi connectivity index (χ1n) is 11.8. The van der Waals surface area contributed by atoms with Crippen LogP contribution in [-0.2, 0) is 28.2 Å². The van der Waals surface area contributed by atoms with E-state index < -0.39 is 46.4 Å². The molecule has 0 unspecified atom stereocenters. The molecule has 13 heteroatoms. The average molecular weight is 544 g/mol. The first-order valence-corrected chi connectivity index (χ1v) is 11.8. The molecule has 0 saturated carbocycles. The fourth-order valence-corrected chi connectivity index (χ4v) is 4.81. The number of aromatic amines is 1. The SMILES string of the molecule is C[C@@H](OC[C@@]1(c2ccccc2)CC[C@@](CN)(n2cn[nH]c2=O)CN1)c1cc(C(F)(F)F)cc(C(F)(F)F)c1. The van der Waals surface area contributed by atoms with Gasteiger partial charge in [0.25, 0.3) is 0 Å². The molecule has 2 heterocycles. The summed E-state index contributed by atoms with van der Waals surface area (Å²) in [6.45, 7) is 1.73. The van der Waals surface area contributed by atoms with Gasteiger partial charge in [-0.25, -0.2) is 9.89 Å². The van der Waals surface area contributed by atoms with Crippen LogP contribution in [0, 0.1) is 0 Å². The first-order chi connectivity index (χ1) is 17.8. The number of aromatic nitrogens is 3. The zero-order chi connectivity index (χ0) is 27.8. The van der Waals surface area contributed by atoms with Gasteiger partial charge in [0, 0.05) is 13.1 Å². The van der Waals surface area contributed by atoms with Gasteiger partial charge in [-0.2, -0.15) is 31.4 Å². The molecule has 4 rings (SSSR count). The van der Waals surface area contributed by atoms with Crippen molar-refractivity contribution in [1.29, 1.82) is 0 Å². The van der Waals surface area contributed by atoms with Gasteiger partial charge in [0.05, 0.1) is 34.9 Å². The number of alkyl halides is 6. The minimum absolute atomic E-state index is 0.0588. The van der Waals surface area contributed by atoms with Crippen molar-refractivity contribution in [3.63, 3.8) is 0 Å². The molecule has 1 saturated heterocycles. The molecule has 3 aromatic rings. The van der Waals surface area contributed by atoms with Gasteiger partial charge in [0.1, 0.15) is 6.33 Å². The van der Waals surface area contributed by atoms with Crippen LogP contribution in [0.3, 0.4) is 0 Å². The van der Waals surface area contributed by atoms with Crippen LogP contribution in [0.2, 0.25) is 0 Å². The fourth-order valence-electron chi connectivity index (χ4n) is 4.81. The van der Waals surface area contributed by atoms with Crippen molar-refractivity contribution in [2.45, 2.75) is 49.3 Å².